The summed E-state index contributed by atoms with van der Waals surface area (Å²) in [6, 6.07) is 0. The number of unbranched alkanes of at least 4 members (excludes halogenated alkanes) is 9. The molecule has 4 N–H and O–H groups in total. The lowest BCUT2D eigenvalue weighted by Crippen LogP contribution is -2.33. The highest BCUT2D eigenvalue weighted by Crippen LogP contribution is 2.11. The standard InChI is InChI=1S/C15H31N3O2/c1-18(15(16)17)13-11-9-7-5-3-2-4-6-8-10-12-14(19)20/h2-13H2,1H3,(H3,16,17)(H,19,20). The Morgan fingerprint density at radius 2 is 1.35 bits per heavy atom. The van der Waals surface area contributed by atoms with E-state index in [0.29, 0.717) is 6.42 Å². The van der Waals surface area contributed by atoms with Gasteiger partial charge in [-0.25, -0.2) is 0 Å². The van der Waals surface area contributed by atoms with Crippen LogP contribution >= 0.6 is 0 Å². The summed E-state index contributed by atoms with van der Waals surface area (Å²) in [6.45, 7) is 0.874. The lowest BCUT2D eigenvalue weighted by molar-refractivity contribution is -0.137. The van der Waals surface area contributed by atoms with Crippen molar-refractivity contribution in [1.82, 2.24) is 4.90 Å². The predicted octanol–water partition coefficient (Wildman–Crippen LogP) is 3.19. The van der Waals surface area contributed by atoms with Gasteiger partial charge in [-0.2, -0.15) is 0 Å². The van der Waals surface area contributed by atoms with Crippen molar-refractivity contribution in [3.05, 3.63) is 0 Å². The van der Waals surface area contributed by atoms with Crippen molar-refractivity contribution in [2.45, 2.75) is 70.6 Å². The second-order valence-electron chi connectivity index (χ2n) is 5.49. The van der Waals surface area contributed by atoms with Crippen LogP contribution in [0.4, 0.5) is 0 Å². The zero-order chi connectivity index (χ0) is 15.2. The summed E-state index contributed by atoms with van der Waals surface area (Å²) >= 11 is 0. The van der Waals surface area contributed by atoms with Gasteiger partial charge in [0.2, 0.25) is 0 Å². The van der Waals surface area contributed by atoms with Gasteiger partial charge in [-0.3, -0.25) is 10.2 Å². The molecular weight excluding hydrogens is 254 g/mol. The van der Waals surface area contributed by atoms with Crippen molar-refractivity contribution in [1.29, 1.82) is 5.41 Å². The maximum Gasteiger partial charge on any atom is 0.303 e. The third-order valence-electron chi connectivity index (χ3n) is 3.55. The fraction of sp³-hybridized carbons (Fsp3) is 0.867. The van der Waals surface area contributed by atoms with Crippen LogP contribution in [0.3, 0.4) is 0 Å². The smallest absolute Gasteiger partial charge is 0.303 e. The van der Waals surface area contributed by atoms with Crippen molar-refractivity contribution in [2.75, 3.05) is 13.6 Å². The van der Waals surface area contributed by atoms with Crippen LogP contribution in [-0.4, -0.2) is 35.5 Å². The molecule has 20 heavy (non-hydrogen) atoms. The number of rotatable bonds is 13. The highest BCUT2D eigenvalue weighted by Gasteiger charge is 1.99. The molecular formula is C15H31N3O2. The van der Waals surface area contributed by atoms with Crippen LogP contribution < -0.4 is 5.73 Å². The lowest BCUT2D eigenvalue weighted by Gasteiger charge is -2.15. The van der Waals surface area contributed by atoms with Gasteiger partial charge in [0.15, 0.2) is 5.96 Å². The highest BCUT2D eigenvalue weighted by molar-refractivity contribution is 5.74. The van der Waals surface area contributed by atoms with E-state index >= 15 is 0 Å². The summed E-state index contributed by atoms with van der Waals surface area (Å²) in [5.41, 5.74) is 5.36. The Kier molecular flexibility index (Phi) is 12.0. The van der Waals surface area contributed by atoms with Crippen LogP contribution in [0.15, 0.2) is 0 Å². The van der Waals surface area contributed by atoms with Gasteiger partial charge >= 0.3 is 5.97 Å². The largest absolute Gasteiger partial charge is 0.481 e. The zero-order valence-corrected chi connectivity index (χ0v) is 12.9. The first kappa shape index (κ1) is 18.7. The van der Waals surface area contributed by atoms with E-state index in [9.17, 15) is 4.79 Å². The number of nitrogens with zero attached hydrogens (tertiary/aromatic N) is 1. The van der Waals surface area contributed by atoms with Crippen LogP contribution in [0.5, 0.6) is 0 Å². The Hall–Kier alpha value is -1.26. The van der Waals surface area contributed by atoms with Crippen LogP contribution in [0.1, 0.15) is 70.6 Å². The Balaban J connectivity index is 3.10. The molecule has 0 aliphatic heterocycles. The van der Waals surface area contributed by atoms with Crippen LogP contribution in [-0.2, 0) is 4.79 Å². The van der Waals surface area contributed by atoms with Crippen LogP contribution in [0.25, 0.3) is 0 Å². The van der Waals surface area contributed by atoms with E-state index in [1.54, 1.807) is 4.90 Å². The lowest BCUT2D eigenvalue weighted by atomic mass is 10.1. The molecule has 0 rings (SSSR count). The number of hydrogen-bond donors (Lipinski definition) is 3. The molecule has 5 nitrogen and oxygen atoms in total. The van der Waals surface area contributed by atoms with Crippen LogP contribution in [0, 0.1) is 5.41 Å². The van der Waals surface area contributed by atoms with E-state index in [2.05, 4.69) is 0 Å². The van der Waals surface area contributed by atoms with Gasteiger partial charge in [0, 0.05) is 20.0 Å². The fourth-order valence-corrected chi connectivity index (χ4v) is 2.16. The molecule has 118 valence electrons. The second-order valence-corrected chi connectivity index (χ2v) is 5.49. The van der Waals surface area contributed by atoms with Gasteiger partial charge in [0.1, 0.15) is 0 Å². The minimum Gasteiger partial charge on any atom is -0.481 e. The summed E-state index contributed by atoms with van der Waals surface area (Å²) in [7, 11) is 1.85. The molecule has 0 amide bonds. The van der Waals surface area contributed by atoms with Gasteiger partial charge in [-0.1, -0.05) is 51.4 Å². The normalized spacial score (nSPS) is 10.4. The summed E-state index contributed by atoms with van der Waals surface area (Å²) in [6.07, 6.45) is 12.0. The van der Waals surface area contributed by atoms with E-state index < -0.39 is 5.97 Å². The molecule has 0 saturated heterocycles. The highest BCUT2D eigenvalue weighted by atomic mass is 16.4. The summed E-state index contributed by atoms with van der Waals surface area (Å²) in [5.74, 6) is -0.534. The Labute approximate surface area is 123 Å². The third kappa shape index (κ3) is 13.2. The molecule has 0 atom stereocenters. The van der Waals surface area contributed by atoms with Crippen molar-refractivity contribution in [3.8, 4) is 0 Å². The number of carboxylic acids is 1. The first-order valence-corrected chi connectivity index (χ1v) is 7.81. The predicted molar refractivity (Wildman–Crippen MR) is 83.0 cm³/mol. The quantitative estimate of drug-likeness (QED) is 0.275. The van der Waals surface area contributed by atoms with Crippen molar-refractivity contribution in [2.24, 2.45) is 5.73 Å². The SMILES string of the molecule is CN(CCCCCCCCCCCCC(=O)O)C(=N)N. The average Bonchev–Trinajstić information content (AvgIpc) is 2.39. The molecule has 0 aliphatic rings. The molecule has 0 saturated carbocycles. The van der Waals surface area contributed by atoms with E-state index in [1.165, 1.54) is 38.5 Å². The number of guanidine groups is 1. The van der Waals surface area contributed by atoms with Gasteiger partial charge in [0.25, 0.3) is 0 Å². The van der Waals surface area contributed by atoms with Crippen molar-refractivity contribution in [3.63, 3.8) is 0 Å². The molecule has 0 heterocycles. The van der Waals surface area contributed by atoms with E-state index in [1.807, 2.05) is 7.05 Å². The molecule has 0 bridgehead atoms. The second kappa shape index (κ2) is 12.8. The molecule has 0 aromatic carbocycles. The Morgan fingerprint density at radius 1 is 0.950 bits per heavy atom. The number of nitrogens with two attached hydrogens (primary N) is 1. The van der Waals surface area contributed by atoms with E-state index in [-0.39, 0.29) is 5.96 Å². The molecule has 0 aromatic rings. The number of nitrogens with one attached hydrogen (secondary N) is 1. The molecule has 0 fully saturated rings. The molecule has 0 aromatic heterocycles. The average molecular weight is 285 g/mol. The van der Waals surface area contributed by atoms with Crippen molar-refractivity contribution < 1.29 is 9.90 Å². The number of aliphatic carboxylic acids is 1. The molecule has 5 heteroatoms. The molecule has 0 radical (unpaired) electrons. The maximum atomic E-state index is 10.3. The van der Waals surface area contributed by atoms with E-state index in [4.69, 9.17) is 16.2 Å². The van der Waals surface area contributed by atoms with Gasteiger partial charge < -0.3 is 15.7 Å². The topological polar surface area (TPSA) is 90.4 Å². The zero-order valence-electron chi connectivity index (χ0n) is 12.9. The van der Waals surface area contributed by atoms with Gasteiger partial charge in [0.05, 0.1) is 0 Å². The molecule has 0 aliphatic carbocycles. The van der Waals surface area contributed by atoms with Crippen molar-refractivity contribution >= 4 is 11.9 Å². The number of hydrogen-bond acceptors (Lipinski definition) is 2. The first-order valence-electron chi connectivity index (χ1n) is 7.81. The number of carbonyl (C=O) groups is 1. The fourth-order valence-electron chi connectivity index (χ4n) is 2.16. The minimum absolute atomic E-state index is 0.146. The summed E-state index contributed by atoms with van der Waals surface area (Å²) in [4.78, 5) is 12.1. The summed E-state index contributed by atoms with van der Waals surface area (Å²) in [5, 5.41) is 15.7. The van der Waals surface area contributed by atoms with Gasteiger partial charge in [-0.15, -0.1) is 0 Å². The Morgan fingerprint density at radius 3 is 1.75 bits per heavy atom. The van der Waals surface area contributed by atoms with E-state index in [0.717, 1.165) is 32.2 Å². The summed E-state index contributed by atoms with van der Waals surface area (Å²) < 4.78 is 0. The van der Waals surface area contributed by atoms with Gasteiger partial charge in [-0.05, 0) is 12.8 Å². The number of carboxylic acid groups (broad SMARTS) is 1. The third-order valence-corrected chi connectivity index (χ3v) is 3.55. The van der Waals surface area contributed by atoms with Crippen LogP contribution in [0.2, 0.25) is 0 Å². The molecule has 0 spiro atoms. The monoisotopic (exact) mass is 285 g/mol. The molecule has 0 unspecified atom stereocenters. The Bertz CT molecular complexity index is 270. The first-order chi connectivity index (χ1) is 9.54. The maximum absolute atomic E-state index is 10.3. The minimum atomic E-state index is -0.680.